The van der Waals surface area contributed by atoms with Gasteiger partial charge in [0, 0.05) is 45.6 Å². The Balaban J connectivity index is 1.37. The molecule has 4 heterocycles. The van der Waals surface area contributed by atoms with E-state index in [1.54, 1.807) is 60.7 Å². The van der Waals surface area contributed by atoms with Crippen LogP contribution in [0.2, 0.25) is 0 Å². The van der Waals surface area contributed by atoms with Crippen LogP contribution in [0.1, 0.15) is 94.6 Å². The average Bonchev–Trinajstić information content (AvgIpc) is 4.40. The van der Waals surface area contributed by atoms with Crippen molar-refractivity contribution in [1.29, 1.82) is 0 Å². The first-order valence-electron chi connectivity index (χ1n) is 28.9. The predicted octanol–water partition coefficient (Wildman–Crippen LogP) is -4.29. The molecule has 2 aromatic carbocycles. The minimum Gasteiger partial charge on any atom is -0.394 e. The van der Waals surface area contributed by atoms with E-state index in [0.29, 0.717) is 43.2 Å². The van der Waals surface area contributed by atoms with E-state index in [-0.39, 0.29) is 115 Å². The van der Waals surface area contributed by atoms with Gasteiger partial charge in [0.25, 0.3) is 0 Å². The van der Waals surface area contributed by atoms with Crippen molar-refractivity contribution in [3.8, 4) is 0 Å². The Hall–Kier alpha value is -8.40. The van der Waals surface area contributed by atoms with Gasteiger partial charge in [-0.15, -0.1) is 0 Å². The highest BCUT2D eigenvalue weighted by Crippen LogP contribution is 2.27. The highest BCUT2D eigenvalue weighted by atomic mass is 16.3. The summed E-state index contributed by atoms with van der Waals surface area (Å²) in [5.41, 5.74) is 29.5. The number of nitrogens with one attached hydrogen (secondary N) is 7. The maximum absolute atomic E-state index is 14.8. The van der Waals surface area contributed by atoms with Crippen molar-refractivity contribution in [3.05, 3.63) is 71.8 Å². The third kappa shape index (κ3) is 18.8. The first-order chi connectivity index (χ1) is 40.4. The zero-order chi connectivity index (χ0) is 60.7. The molecule has 10 amide bonds. The van der Waals surface area contributed by atoms with Gasteiger partial charge < -0.3 is 85.7 Å². The van der Waals surface area contributed by atoms with Crippen molar-refractivity contribution in [2.75, 3.05) is 52.4 Å². The second-order valence-corrected chi connectivity index (χ2v) is 21.5. The molecule has 0 bridgehead atoms. The summed E-state index contributed by atoms with van der Waals surface area (Å²) < 4.78 is 0. The van der Waals surface area contributed by atoms with Gasteiger partial charge in [-0.2, -0.15) is 0 Å². The lowest BCUT2D eigenvalue weighted by atomic mass is 10.0. The van der Waals surface area contributed by atoms with Crippen LogP contribution in [0, 0.1) is 0 Å². The second kappa shape index (κ2) is 32.4. The zero-order valence-corrected chi connectivity index (χ0v) is 47.4. The van der Waals surface area contributed by atoms with Crippen molar-refractivity contribution in [3.63, 3.8) is 0 Å². The molecule has 0 unspecified atom stereocenters. The summed E-state index contributed by atoms with van der Waals surface area (Å²) in [5.74, 6) is -7.73. The fourth-order valence-corrected chi connectivity index (χ4v) is 11.0. The van der Waals surface area contributed by atoms with E-state index < -0.39 is 127 Å². The topological polar surface area (TPSA) is 440 Å². The van der Waals surface area contributed by atoms with Gasteiger partial charge in [-0.25, -0.2) is 0 Å². The molecule has 0 radical (unpaired) electrons. The van der Waals surface area contributed by atoms with E-state index in [1.807, 2.05) is 0 Å². The summed E-state index contributed by atoms with van der Waals surface area (Å²) in [4.78, 5) is 156. The van der Waals surface area contributed by atoms with Gasteiger partial charge in [0.15, 0.2) is 11.9 Å². The summed E-state index contributed by atoms with van der Waals surface area (Å²) in [7, 11) is 0. The van der Waals surface area contributed by atoms with Gasteiger partial charge in [0.2, 0.25) is 59.1 Å². The van der Waals surface area contributed by atoms with Crippen LogP contribution < -0.4 is 65.9 Å². The summed E-state index contributed by atoms with van der Waals surface area (Å²) >= 11 is 0. The number of aliphatic hydroxyl groups excluding tert-OH is 1. The van der Waals surface area contributed by atoms with Crippen LogP contribution in [-0.2, 0) is 60.8 Å². The average molecular weight is 1170 g/mol. The molecule has 0 spiro atoms. The molecule has 0 saturated carbocycles. The SMILES string of the molecule is NCCCC[C@@H]1NC(=O)[C@H](CCCN=C(N)N)NC(=O)[C@H](Cc2ccccc2)NC(=O)[C@@H]2CCCN2C(=O)[C@H](CO)NC(=O)[C@H](Cc2ccccc2)NC(=O)CNC(=O)[C@@H]2CCCN2C(=O)[C@@H]2CCCN2C(=O)[C@H](CCCN=C(N)N)NC1=O. The molecule has 6 rings (SSSR count). The number of aliphatic imine (C=N–C) groups is 2. The number of carbonyl (C=O) groups excluding carboxylic acids is 10. The predicted molar refractivity (Wildman–Crippen MR) is 309 cm³/mol. The number of unbranched alkanes of at least 4 members (excludes halogenated alkanes) is 1. The van der Waals surface area contributed by atoms with Crippen LogP contribution in [-0.4, -0.2) is 198 Å². The molecule has 4 aliphatic heterocycles. The highest BCUT2D eigenvalue weighted by molar-refractivity contribution is 5.99. The number of nitrogens with zero attached hydrogens (tertiary/aromatic N) is 5. The maximum Gasteiger partial charge on any atom is 0.248 e. The second-order valence-electron chi connectivity index (χ2n) is 21.5. The molecule has 458 valence electrons. The molecule has 4 fully saturated rings. The van der Waals surface area contributed by atoms with Crippen LogP contribution in [0.25, 0.3) is 0 Å². The van der Waals surface area contributed by atoms with Crippen LogP contribution in [0.5, 0.6) is 0 Å². The van der Waals surface area contributed by atoms with Crippen LogP contribution in [0.3, 0.4) is 0 Å². The van der Waals surface area contributed by atoms with Crippen LogP contribution in [0.15, 0.2) is 70.6 Å². The largest absolute Gasteiger partial charge is 0.394 e. The van der Waals surface area contributed by atoms with Crippen molar-refractivity contribution in [2.24, 2.45) is 38.7 Å². The quantitative estimate of drug-likeness (QED) is 0.0405. The molecule has 2 aromatic rings. The van der Waals surface area contributed by atoms with Gasteiger partial charge in [-0.1, -0.05) is 60.7 Å². The Bertz CT molecular complexity index is 2680. The Morgan fingerprint density at radius 1 is 0.464 bits per heavy atom. The number of hydrogen-bond donors (Lipinski definition) is 13. The molecule has 18 N–H and O–H groups in total. The summed E-state index contributed by atoms with van der Waals surface area (Å²) in [6.45, 7) is -0.792. The molecule has 0 aromatic heterocycles. The van der Waals surface area contributed by atoms with Crippen molar-refractivity contribution in [2.45, 2.75) is 151 Å². The molecule has 84 heavy (non-hydrogen) atoms. The van der Waals surface area contributed by atoms with Crippen molar-refractivity contribution >= 4 is 71.0 Å². The third-order valence-electron chi connectivity index (χ3n) is 15.3. The summed E-state index contributed by atoms with van der Waals surface area (Å²) in [6, 6.07) is 5.88. The van der Waals surface area contributed by atoms with Gasteiger partial charge in [-0.3, -0.25) is 57.9 Å². The van der Waals surface area contributed by atoms with Gasteiger partial charge in [0.05, 0.1) is 13.2 Å². The first-order valence-corrected chi connectivity index (χ1v) is 28.9. The molecule has 9 atom stereocenters. The molecular formula is C56H83N17O11. The van der Waals surface area contributed by atoms with Crippen molar-refractivity contribution < 1.29 is 53.1 Å². The number of guanidine groups is 2. The fourth-order valence-electron chi connectivity index (χ4n) is 11.0. The third-order valence-corrected chi connectivity index (χ3v) is 15.3. The monoisotopic (exact) mass is 1170 g/mol. The normalized spacial score (nSPS) is 25.6. The molecule has 4 saturated heterocycles. The van der Waals surface area contributed by atoms with E-state index in [9.17, 15) is 53.1 Å². The van der Waals surface area contributed by atoms with Crippen LogP contribution in [0.4, 0.5) is 0 Å². The Morgan fingerprint density at radius 2 is 0.869 bits per heavy atom. The van der Waals surface area contributed by atoms with E-state index in [0.717, 1.165) is 0 Å². The van der Waals surface area contributed by atoms with Gasteiger partial charge in [-0.05, 0) is 101 Å². The fraction of sp³-hybridized carbons (Fsp3) is 0.571. The number of aliphatic hydroxyl groups is 1. The number of rotatable bonds is 17. The number of hydrogen-bond acceptors (Lipinski definition) is 14. The van der Waals surface area contributed by atoms with Crippen LogP contribution >= 0.6 is 0 Å². The molecule has 28 heteroatoms. The number of nitrogens with two attached hydrogens (primary N) is 5. The molecule has 4 aliphatic rings. The molecular weight excluding hydrogens is 1090 g/mol. The number of fused-ring (bicyclic) bond motifs is 3. The Morgan fingerprint density at radius 3 is 1.38 bits per heavy atom. The minimum atomic E-state index is -1.59. The van der Waals surface area contributed by atoms with Gasteiger partial charge in [0.1, 0.15) is 54.4 Å². The van der Waals surface area contributed by atoms with E-state index in [4.69, 9.17) is 28.7 Å². The Labute approximate surface area is 488 Å². The molecule has 0 aliphatic carbocycles. The lowest BCUT2D eigenvalue weighted by Gasteiger charge is -2.33. The highest BCUT2D eigenvalue weighted by Gasteiger charge is 2.45. The minimum absolute atomic E-state index is 0.000302. The number of carbonyl (C=O) groups is 10. The number of benzene rings is 2. The summed E-state index contributed by atoms with van der Waals surface area (Å²) in [5, 5.41) is 29.6. The summed E-state index contributed by atoms with van der Waals surface area (Å²) in [6.07, 6.45) is 2.77. The van der Waals surface area contributed by atoms with E-state index in [1.165, 1.54) is 14.7 Å². The standard InChI is InChI=1S/C56H83N17O11/c57-24-8-7-18-36-47(77)68-38(20-10-26-63-56(60)61)52(82)73-29-13-23-44(73)54(84)72-28-11-21-42(72)50(80)64-32-45(75)65-39(30-34-14-3-1-4-15-34)48(78)70-41(33-74)53(83)71-27-12-22-43(71)51(81)69-40(31-35-16-5-2-6-17-35)49(79)67-37(46(76)66-36)19-9-25-62-55(58)59/h1-6,14-17,36-44,74H,7-13,18-33,57H2,(H,64,80)(H,65,75)(H,66,76)(H,67,79)(H,68,77)(H,69,81)(H,70,78)(H4,58,59,62)(H4,60,61,63)/t36-,37-,38-,39-,40-,41-,42-,43-,44-/m0/s1. The van der Waals surface area contributed by atoms with E-state index in [2.05, 4.69) is 47.2 Å². The maximum atomic E-state index is 14.8. The molecule has 28 nitrogen and oxygen atoms in total. The zero-order valence-electron chi connectivity index (χ0n) is 47.4. The smallest absolute Gasteiger partial charge is 0.248 e. The Kier molecular flexibility index (Phi) is 25.0. The van der Waals surface area contributed by atoms with Crippen molar-refractivity contribution in [1.82, 2.24) is 51.9 Å². The lowest BCUT2D eigenvalue weighted by molar-refractivity contribution is -0.148. The first kappa shape index (κ1) is 64.8. The number of amides is 10. The van der Waals surface area contributed by atoms with E-state index >= 15 is 0 Å². The van der Waals surface area contributed by atoms with Gasteiger partial charge >= 0.3 is 0 Å². The lowest BCUT2D eigenvalue weighted by Crippen LogP contribution is -2.61.